The van der Waals surface area contributed by atoms with Crippen LogP contribution in [0.2, 0.25) is 0 Å². The molecule has 118 valence electrons. The summed E-state index contributed by atoms with van der Waals surface area (Å²) in [5.41, 5.74) is 3.19. The molecule has 2 atom stereocenters. The number of nitrogens with one attached hydrogen (secondary N) is 2. The average molecular weight is 293 g/mol. The van der Waals surface area contributed by atoms with E-state index in [1.54, 1.807) is 0 Å². The van der Waals surface area contributed by atoms with Crippen LogP contribution in [0.3, 0.4) is 0 Å². The fourth-order valence-electron chi connectivity index (χ4n) is 2.06. The third-order valence-electron chi connectivity index (χ3n) is 3.88. The Morgan fingerprint density at radius 3 is 2.19 bits per heavy atom. The van der Waals surface area contributed by atoms with Gasteiger partial charge in [0.05, 0.1) is 0 Å². The van der Waals surface area contributed by atoms with Crippen molar-refractivity contribution in [1.29, 1.82) is 0 Å². The van der Waals surface area contributed by atoms with Crippen LogP contribution in [0.25, 0.3) is 0 Å². The molecule has 0 fully saturated rings. The molecule has 0 aliphatic rings. The third-order valence-corrected chi connectivity index (χ3v) is 3.88. The van der Waals surface area contributed by atoms with Crippen LogP contribution in [0, 0.1) is 29.4 Å². The quantitative estimate of drug-likeness (QED) is 0.479. The molecule has 0 aromatic heterocycles. The molecule has 0 heterocycles. The molecular weight excluding hydrogens is 266 g/mol. The standard InChI is InChI=1S/C16H27N3O2/c1-11-8-7-9-12(2)15(11)18-14(10-19(20)21)17-13(3)16(4,5)6/h7-9,13-14,17-18H,10H2,1-6H3. The maximum atomic E-state index is 10.9. The first-order valence-corrected chi connectivity index (χ1v) is 7.32. The molecule has 0 aliphatic heterocycles. The van der Waals surface area contributed by atoms with Crippen LogP contribution in [-0.4, -0.2) is 23.7 Å². The van der Waals surface area contributed by atoms with E-state index in [9.17, 15) is 10.1 Å². The molecule has 2 unspecified atom stereocenters. The van der Waals surface area contributed by atoms with Gasteiger partial charge < -0.3 is 5.32 Å². The highest BCUT2D eigenvalue weighted by molar-refractivity contribution is 5.57. The van der Waals surface area contributed by atoms with Crippen molar-refractivity contribution in [3.63, 3.8) is 0 Å². The lowest BCUT2D eigenvalue weighted by molar-refractivity contribution is -0.482. The highest BCUT2D eigenvalue weighted by atomic mass is 16.6. The fourth-order valence-corrected chi connectivity index (χ4v) is 2.06. The van der Waals surface area contributed by atoms with Crippen molar-refractivity contribution < 1.29 is 4.92 Å². The van der Waals surface area contributed by atoms with E-state index in [0.29, 0.717) is 0 Å². The van der Waals surface area contributed by atoms with Crippen molar-refractivity contribution in [1.82, 2.24) is 5.32 Å². The van der Waals surface area contributed by atoms with Crippen molar-refractivity contribution in [2.75, 3.05) is 11.9 Å². The summed E-state index contributed by atoms with van der Waals surface area (Å²) in [6, 6.07) is 6.15. The van der Waals surface area contributed by atoms with Gasteiger partial charge in [-0.1, -0.05) is 39.0 Å². The number of benzene rings is 1. The molecule has 5 heteroatoms. The summed E-state index contributed by atoms with van der Waals surface area (Å²) in [5, 5.41) is 17.6. The Hall–Kier alpha value is -1.62. The molecule has 0 spiro atoms. The molecule has 1 aromatic carbocycles. The lowest BCUT2D eigenvalue weighted by Crippen LogP contribution is -2.50. The Kier molecular flexibility index (Phi) is 5.72. The Morgan fingerprint density at radius 2 is 1.76 bits per heavy atom. The van der Waals surface area contributed by atoms with E-state index in [0.717, 1.165) is 16.8 Å². The Bertz CT molecular complexity index is 475. The molecule has 0 bridgehead atoms. The molecular formula is C16H27N3O2. The van der Waals surface area contributed by atoms with E-state index in [-0.39, 0.29) is 22.9 Å². The number of hydrogen-bond acceptors (Lipinski definition) is 4. The number of aryl methyl sites for hydroxylation is 2. The van der Waals surface area contributed by atoms with E-state index >= 15 is 0 Å². The Morgan fingerprint density at radius 1 is 1.24 bits per heavy atom. The number of para-hydroxylation sites is 1. The van der Waals surface area contributed by atoms with Crippen molar-refractivity contribution >= 4 is 5.69 Å². The molecule has 21 heavy (non-hydrogen) atoms. The first-order chi connectivity index (χ1) is 9.61. The largest absolute Gasteiger partial charge is 0.364 e. The van der Waals surface area contributed by atoms with Crippen LogP contribution in [0.1, 0.15) is 38.8 Å². The van der Waals surface area contributed by atoms with Gasteiger partial charge in [0.15, 0.2) is 0 Å². The predicted molar refractivity (Wildman–Crippen MR) is 87.2 cm³/mol. The van der Waals surface area contributed by atoms with Crippen molar-refractivity contribution in [3.8, 4) is 0 Å². The van der Waals surface area contributed by atoms with Crippen LogP contribution in [-0.2, 0) is 0 Å². The van der Waals surface area contributed by atoms with Crippen molar-refractivity contribution in [2.24, 2.45) is 5.41 Å². The van der Waals surface area contributed by atoms with Gasteiger partial charge in [0, 0.05) is 16.7 Å². The number of nitro groups is 1. The summed E-state index contributed by atoms with van der Waals surface area (Å²) < 4.78 is 0. The van der Waals surface area contributed by atoms with Gasteiger partial charge in [-0.05, 0) is 37.3 Å². The Balaban J connectivity index is 2.91. The van der Waals surface area contributed by atoms with Gasteiger partial charge in [0.2, 0.25) is 6.54 Å². The van der Waals surface area contributed by atoms with Gasteiger partial charge in [0.25, 0.3) is 0 Å². The van der Waals surface area contributed by atoms with Gasteiger partial charge >= 0.3 is 0 Å². The second kappa shape index (κ2) is 6.89. The SMILES string of the molecule is Cc1cccc(C)c1NC(C[N+](=O)[O-])NC(C)C(C)(C)C. The summed E-state index contributed by atoms with van der Waals surface area (Å²) in [6.07, 6.45) is -0.394. The molecule has 0 radical (unpaired) electrons. The van der Waals surface area contributed by atoms with Gasteiger partial charge in [-0.15, -0.1) is 0 Å². The normalized spacial score (nSPS) is 14.6. The van der Waals surface area contributed by atoms with Crippen molar-refractivity contribution in [3.05, 3.63) is 39.4 Å². The lowest BCUT2D eigenvalue weighted by atomic mass is 9.88. The fraction of sp³-hybridized carbons (Fsp3) is 0.625. The number of hydrogen-bond donors (Lipinski definition) is 2. The van der Waals surface area contributed by atoms with Gasteiger partial charge in [-0.3, -0.25) is 15.4 Å². The van der Waals surface area contributed by atoms with E-state index in [1.165, 1.54) is 0 Å². The van der Waals surface area contributed by atoms with Gasteiger partial charge in [-0.2, -0.15) is 0 Å². The minimum absolute atomic E-state index is 0.0390. The monoisotopic (exact) mass is 293 g/mol. The molecule has 0 saturated carbocycles. The summed E-state index contributed by atoms with van der Waals surface area (Å²) in [6.45, 7) is 12.3. The number of anilines is 1. The zero-order chi connectivity index (χ0) is 16.2. The number of rotatable bonds is 6. The molecule has 1 rings (SSSR count). The second-order valence-electron chi connectivity index (χ2n) is 6.73. The molecule has 0 aliphatic carbocycles. The smallest absolute Gasteiger partial charge is 0.236 e. The van der Waals surface area contributed by atoms with Crippen LogP contribution >= 0.6 is 0 Å². The van der Waals surface area contributed by atoms with E-state index in [1.807, 2.05) is 32.0 Å². The minimum Gasteiger partial charge on any atom is -0.364 e. The molecule has 0 saturated heterocycles. The maximum Gasteiger partial charge on any atom is 0.236 e. The molecule has 0 amide bonds. The lowest BCUT2D eigenvalue weighted by Gasteiger charge is -2.32. The maximum absolute atomic E-state index is 10.9. The van der Waals surface area contributed by atoms with E-state index < -0.39 is 6.17 Å². The van der Waals surface area contributed by atoms with Crippen molar-refractivity contribution in [2.45, 2.75) is 53.8 Å². The molecule has 1 aromatic rings. The van der Waals surface area contributed by atoms with Crippen LogP contribution in [0.15, 0.2) is 18.2 Å². The van der Waals surface area contributed by atoms with Gasteiger partial charge in [-0.25, -0.2) is 0 Å². The topological polar surface area (TPSA) is 67.2 Å². The molecule has 2 N–H and O–H groups in total. The highest BCUT2D eigenvalue weighted by Crippen LogP contribution is 2.22. The third kappa shape index (κ3) is 5.34. The first-order valence-electron chi connectivity index (χ1n) is 7.32. The van der Waals surface area contributed by atoms with E-state index in [4.69, 9.17) is 0 Å². The predicted octanol–water partition coefficient (Wildman–Crippen LogP) is 3.34. The minimum atomic E-state index is -0.394. The molecule has 5 nitrogen and oxygen atoms in total. The number of nitrogens with zero attached hydrogens (tertiary/aromatic N) is 1. The summed E-state index contributed by atoms with van der Waals surface area (Å²) >= 11 is 0. The first kappa shape index (κ1) is 17.4. The van der Waals surface area contributed by atoms with E-state index in [2.05, 4.69) is 38.3 Å². The summed E-state index contributed by atoms with van der Waals surface area (Å²) in [5.74, 6) is 0. The summed E-state index contributed by atoms with van der Waals surface area (Å²) in [4.78, 5) is 10.6. The zero-order valence-corrected chi connectivity index (χ0v) is 13.9. The Labute approximate surface area is 127 Å². The summed E-state index contributed by atoms with van der Waals surface area (Å²) in [7, 11) is 0. The van der Waals surface area contributed by atoms with Crippen LogP contribution < -0.4 is 10.6 Å². The van der Waals surface area contributed by atoms with Crippen LogP contribution in [0.4, 0.5) is 5.69 Å². The second-order valence-corrected chi connectivity index (χ2v) is 6.73. The average Bonchev–Trinajstić information content (AvgIpc) is 2.31. The van der Waals surface area contributed by atoms with Crippen LogP contribution in [0.5, 0.6) is 0 Å². The highest BCUT2D eigenvalue weighted by Gasteiger charge is 2.25. The zero-order valence-electron chi connectivity index (χ0n) is 13.9. The van der Waals surface area contributed by atoms with Gasteiger partial charge in [0.1, 0.15) is 6.17 Å².